The van der Waals surface area contributed by atoms with Gasteiger partial charge in [0.2, 0.25) is 0 Å². The smallest absolute Gasteiger partial charge is 0.0519 e. The van der Waals surface area contributed by atoms with Gasteiger partial charge in [0, 0.05) is 25.2 Å². The summed E-state index contributed by atoms with van der Waals surface area (Å²) in [7, 11) is 0. The highest BCUT2D eigenvalue weighted by atomic mass is 15.3. The van der Waals surface area contributed by atoms with Gasteiger partial charge in [-0.2, -0.15) is 0 Å². The maximum Gasteiger partial charge on any atom is 0.0519 e. The van der Waals surface area contributed by atoms with Crippen LogP contribution in [0.15, 0.2) is 0 Å². The molecule has 0 saturated carbocycles. The van der Waals surface area contributed by atoms with Crippen LogP contribution in [0.2, 0.25) is 0 Å². The van der Waals surface area contributed by atoms with Crippen LogP contribution in [0.3, 0.4) is 0 Å². The number of hydrogen-bond donors (Lipinski definition) is 1. The molecule has 0 aromatic carbocycles. The van der Waals surface area contributed by atoms with E-state index in [2.05, 4.69) is 23.6 Å². The van der Waals surface area contributed by atoms with E-state index < -0.39 is 0 Å². The SMILES string of the molecule is CC(C)N1CCC(N)C12CN1CCC2CC1. The zero-order valence-corrected chi connectivity index (χ0v) is 10.7. The third-order valence-corrected chi connectivity index (χ3v) is 5.25. The third kappa shape index (κ3) is 1.31. The molecule has 3 heteroatoms. The summed E-state index contributed by atoms with van der Waals surface area (Å²) < 4.78 is 0. The molecule has 4 saturated heterocycles. The molecule has 92 valence electrons. The van der Waals surface area contributed by atoms with E-state index in [4.69, 9.17) is 5.73 Å². The van der Waals surface area contributed by atoms with Gasteiger partial charge in [-0.25, -0.2) is 0 Å². The van der Waals surface area contributed by atoms with E-state index in [9.17, 15) is 0 Å². The fourth-order valence-corrected chi connectivity index (χ4v) is 4.51. The highest BCUT2D eigenvalue weighted by Gasteiger charge is 2.56. The molecule has 1 spiro atoms. The number of nitrogens with zero attached hydrogens (tertiary/aromatic N) is 2. The number of piperidine rings is 3. The molecule has 4 rings (SSSR count). The first-order valence-electron chi connectivity index (χ1n) is 6.89. The highest BCUT2D eigenvalue weighted by Crippen LogP contribution is 2.46. The van der Waals surface area contributed by atoms with Gasteiger partial charge in [-0.05, 0) is 52.1 Å². The van der Waals surface area contributed by atoms with Crippen molar-refractivity contribution in [3.8, 4) is 0 Å². The summed E-state index contributed by atoms with van der Waals surface area (Å²) in [6.07, 6.45) is 3.94. The van der Waals surface area contributed by atoms with E-state index in [0.717, 1.165) is 5.92 Å². The number of nitrogens with two attached hydrogens (primary N) is 1. The second kappa shape index (κ2) is 3.69. The average molecular weight is 223 g/mol. The van der Waals surface area contributed by atoms with E-state index in [1.807, 2.05) is 0 Å². The summed E-state index contributed by atoms with van der Waals surface area (Å²) in [6.45, 7) is 9.73. The molecule has 4 aliphatic rings. The molecular formula is C13H25N3. The van der Waals surface area contributed by atoms with Crippen molar-refractivity contribution in [1.29, 1.82) is 0 Å². The van der Waals surface area contributed by atoms with Crippen molar-refractivity contribution >= 4 is 0 Å². The van der Waals surface area contributed by atoms with E-state index in [1.54, 1.807) is 0 Å². The van der Waals surface area contributed by atoms with Gasteiger partial charge < -0.3 is 10.6 Å². The van der Waals surface area contributed by atoms with Crippen LogP contribution < -0.4 is 5.73 Å². The number of hydrogen-bond acceptors (Lipinski definition) is 3. The average Bonchev–Trinajstić information content (AvgIpc) is 2.58. The Kier molecular flexibility index (Phi) is 2.54. The van der Waals surface area contributed by atoms with E-state index in [1.165, 1.54) is 45.4 Å². The molecule has 2 unspecified atom stereocenters. The first-order chi connectivity index (χ1) is 7.64. The standard InChI is InChI=1S/C13H25N3/c1-10(2)16-8-5-12(14)13(16)9-15-6-3-11(13)4-7-15/h10-12H,3-9,14H2,1-2H3. The van der Waals surface area contributed by atoms with Crippen molar-refractivity contribution in [2.24, 2.45) is 11.7 Å². The monoisotopic (exact) mass is 223 g/mol. The van der Waals surface area contributed by atoms with Gasteiger partial charge in [-0.3, -0.25) is 4.90 Å². The molecule has 0 amide bonds. The second-order valence-electron chi connectivity index (χ2n) is 6.22. The van der Waals surface area contributed by atoms with E-state index in [-0.39, 0.29) is 0 Å². The van der Waals surface area contributed by atoms with Gasteiger partial charge in [0.1, 0.15) is 0 Å². The molecule has 0 aliphatic carbocycles. The second-order valence-corrected chi connectivity index (χ2v) is 6.22. The first-order valence-corrected chi connectivity index (χ1v) is 6.89. The summed E-state index contributed by atoms with van der Waals surface area (Å²) in [5, 5.41) is 0. The molecule has 0 aromatic heterocycles. The van der Waals surface area contributed by atoms with Crippen LogP contribution in [-0.2, 0) is 0 Å². The Bertz CT molecular complexity index is 270. The van der Waals surface area contributed by atoms with Crippen LogP contribution in [0.4, 0.5) is 0 Å². The van der Waals surface area contributed by atoms with Crippen molar-refractivity contribution in [1.82, 2.24) is 9.80 Å². The molecule has 0 radical (unpaired) electrons. The Hall–Kier alpha value is -0.120. The van der Waals surface area contributed by atoms with Crippen LogP contribution in [0.25, 0.3) is 0 Å². The molecule has 2 bridgehead atoms. The lowest BCUT2D eigenvalue weighted by molar-refractivity contribution is -0.0694. The summed E-state index contributed by atoms with van der Waals surface area (Å²) in [5.74, 6) is 0.859. The predicted octanol–water partition coefficient (Wildman–Crippen LogP) is 0.892. The summed E-state index contributed by atoms with van der Waals surface area (Å²) in [4.78, 5) is 5.36. The lowest BCUT2D eigenvalue weighted by atomic mass is 9.69. The molecule has 4 aliphatic heterocycles. The fraction of sp³-hybridized carbons (Fsp3) is 1.00. The van der Waals surface area contributed by atoms with Crippen molar-refractivity contribution in [2.45, 2.75) is 50.7 Å². The molecule has 0 aromatic rings. The predicted molar refractivity (Wildman–Crippen MR) is 66.3 cm³/mol. The van der Waals surface area contributed by atoms with Gasteiger partial charge in [-0.1, -0.05) is 0 Å². The molecule has 3 nitrogen and oxygen atoms in total. The minimum Gasteiger partial charge on any atom is -0.326 e. The molecule has 4 fully saturated rings. The molecule has 2 atom stereocenters. The third-order valence-electron chi connectivity index (χ3n) is 5.25. The summed E-state index contributed by atoms with van der Waals surface area (Å²) >= 11 is 0. The van der Waals surface area contributed by atoms with Gasteiger partial charge in [0.05, 0.1) is 5.54 Å². The van der Waals surface area contributed by atoms with Crippen LogP contribution in [-0.4, -0.2) is 53.6 Å². The van der Waals surface area contributed by atoms with Crippen LogP contribution in [0.1, 0.15) is 33.1 Å². The quantitative estimate of drug-likeness (QED) is 0.716. The fourth-order valence-electron chi connectivity index (χ4n) is 4.51. The normalized spacial score (nSPS) is 48.4. The maximum atomic E-state index is 6.49. The topological polar surface area (TPSA) is 32.5 Å². The number of likely N-dealkylation sites (tertiary alicyclic amines) is 1. The Morgan fingerprint density at radius 1 is 1.12 bits per heavy atom. The zero-order chi connectivity index (χ0) is 11.3. The van der Waals surface area contributed by atoms with Gasteiger partial charge >= 0.3 is 0 Å². The van der Waals surface area contributed by atoms with Gasteiger partial charge in [0.25, 0.3) is 0 Å². The van der Waals surface area contributed by atoms with E-state index in [0.29, 0.717) is 17.6 Å². The largest absolute Gasteiger partial charge is 0.326 e. The number of fused-ring (bicyclic) bond motifs is 2. The Labute approximate surface area is 99.0 Å². The molecule has 16 heavy (non-hydrogen) atoms. The Morgan fingerprint density at radius 3 is 2.31 bits per heavy atom. The number of rotatable bonds is 1. The molecule has 4 heterocycles. The summed E-state index contributed by atoms with van der Waals surface area (Å²) in [5.41, 5.74) is 6.81. The van der Waals surface area contributed by atoms with Gasteiger partial charge in [-0.15, -0.1) is 0 Å². The van der Waals surface area contributed by atoms with Crippen molar-refractivity contribution in [2.75, 3.05) is 26.2 Å². The Balaban J connectivity index is 1.94. The molecule has 2 N–H and O–H groups in total. The lowest BCUT2D eigenvalue weighted by Gasteiger charge is -2.58. The Morgan fingerprint density at radius 2 is 1.81 bits per heavy atom. The van der Waals surface area contributed by atoms with Crippen LogP contribution in [0.5, 0.6) is 0 Å². The first kappa shape index (κ1) is 11.0. The van der Waals surface area contributed by atoms with Crippen LogP contribution in [0, 0.1) is 5.92 Å². The highest BCUT2D eigenvalue weighted by molar-refractivity contribution is 5.14. The zero-order valence-electron chi connectivity index (χ0n) is 10.7. The minimum absolute atomic E-state index is 0.324. The van der Waals surface area contributed by atoms with Crippen LogP contribution >= 0.6 is 0 Å². The summed E-state index contributed by atoms with van der Waals surface area (Å²) in [6, 6.07) is 1.05. The van der Waals surface area contributed by atoms with Gasteiger partial charge in [0.15, 0.2) is 0 Å². The molecular weight excluding hydrogens is 198 g/mol. The maximum absolute atomic E-state index is 6.49. The van der Waals surface area contributed by atoms with Crippen molar-refractivity contribution in [3.63, 3.8) is 0 Å². The minimum atomic E-state index is 0.324. The lowest BCUT2D eigenvalue weighted by Crippen LogP contribution is -2.71. The van der Waals surface area contributed by atoms with E-state index >= 15 is 0 Å². The van der Waals surface area contributed by atoms with Crippen molar-refractivity contribution < 1.29 is 0 Å². The van der Waals surface area contributed by atoms with Crippen molar-refractivity contribution in [3.05, 3.63) is 0 Å².